The van der Waals surface area contributed by atoms with E-state index in [4.69, 9.17) is 19.7 Å². The fourth-order valence-electron chi connectivity index (χ4n) is 2.42. The fourth-order valence-corrected chi connectivity index (χ4v) is 2.42. The van der Waals surface area contributed by atoms with E-state index in [0.29, 0.717) is 31.5 Å². The largest absolute Gasteiger partial charge is 0.381 e. The maximum Gasteiger partial charge on any atom is 0.243 e. The van der Waals surface area contributed by atoms with Crippen LogP contribution in [0.15, 0.2) is 4.52 Å². The number of hydrogen-bond donors (Lipinski definition) is 1. The van der Waals surface area contributed by atoms with Gasteiger partial charge in [-0.15, -0.1) is 0 Å². The van der Waals surface area contributed by atoms with Crippen LogP contribution in [0.2, 0.25) is 0 Å². The molecule has 2 rings (SSSR count). The lowest BCUT2D eigenvalue weighted by Gasteiger charge is -2.33. The average Bonchev–Trinajstić information content (AvgIpc) is 2.91. The van der Waals surface area contributed by atoms with Gasteiger partial charge in [-0.2, -0.15) is 4.98 Å². The molecule has 0 saturated carbocycles. The van der Waals surface area contributed by atoms with Gasteiger partial charge in [0.15, 0.2) is 0 Å². The Bertz CT molecular complexity index is 383. The number of rotatable bonds is 6. The van der Waals surface area contributed by atoms with Crippen molar-refractivity contribution in [3.63, 3.8) is 0 Å². The zero-order valence-electron chi connectivity index (χ0n) is 11.7. The predicted octanol–water partition coefficient (Wildman–Crippen LogP) is 1.91. The van der Waals surface area contributed by atoms with Gasteiger partial charge in [-0.25, -0.2) is 0 Å². The highest BCUT2D eigenvalue weighted by Crippen LogP contribution is 2.34. The van der Waals surface area contributed by atoms with Crippen molar-refractivity contribution in [2.75, 3.05) is 19.8 Å². The summed E-state index contributed by atoms with van der Waals surface area (Å²) < 4.78 is 16.6. The van der Waals surface area contributed by atoms with Gasteiger partial charge in [-0.3, -0.25) is 0 Å². The summed E-state index contributed by atoms with van der Waals surface area (Å²) in [7, 11) is 0. The normalized spacial score (nSPS) is 20.4. The molecular formula is C13H23N3O3. The lowest BCUT2D eigenvalue weighted by atomic mass is 9.93. The minimum atomic E-state index is -0.472. The quantitative estimate of drug-likeness (QED) is 0.849. The third-order valence-electron chi connectivity index (χ3n) is 3.49. The summed E-state index contributed by atoms with van der Waals surface area (Å²) in [5.41, 5.74) is 5.53. The minimum absolute atomic E-state index is 0.190. The van der Waals surface area contributed by atoms with Crippen molar-refractivity contribution in [1.82, 2.24) is 10.1 Å². The van der Waals surface area contributed by atoms with Gasteiger partial charge in [0.05, 0.1) is 6.04 Å². The van der Waals surface area contributed by atoms with E-state index in [1.807, 2.05) is 6.92 Å². The van der Waals surface area contributed by atoms with Gasteiger partial charge in [0.2, 0.25) is 11.7 Å². The number of nitrogens with zero attached hydrogens (tertiary/aromatic N) is 2. The molecule has 1 saturated heterocycles. The van der Waals surface area contributed by atoms with Crippen LogP contribution >= 0.6 is 0 Å². The van der Waals surface area contributed by atoms with E-state index in [1.54, 1.807) is 0 Å². The SMILES string of the molecule is CCC[C@H](N)c1nc(C2(OCC)CCOCC2)no1. The molecular weight excluding hydrogens is 246 g/mol. The Balaban J connectivity index is 2.18. The van der Waals surface area contributed by atoms with Gasteiger partial charge in [0, 0.05) is 32.7 Å². The highest BCUT2D eigenvalue weighted by molar-refractivity contribution is 5.04. The zero-order valence-corrected chi connectivity index (χ0v) is 11.7. The molecule has 0 amide bonds. The van der Waals surface area contributed by atoms with E-state index in [1.165, 1.54) is 0 Å². The van der Waals surface area contributed by atoms with Crippen molar-refractivity contribution in [2.24, 2.45) is 5.73 Å². The molecule has 1 fully saturated rings. The molecule has 6 nitrogen and oxygen atoms in total. The topological polar surface area (TPSA) is 83.4 Å². The Hall–Kier alpha value is -0.980. The molecule has 0 radical (unpaired) electrons. The molecule has 0 unspecified atom stereocenters. The van der Waals surface area contributed by atoms with E-state index < -0.39 is 5.60 Å². The molecule has 108 valence electrons. The molecule has 2 N–H and O–H groups in total. The van der Waals surface area contributed by atoms with Crippen LogP contribution in [-0.2, 0) is 15.1 Å². The summed E-state index contributed by atoms with van der Waals surface area (Å²) in [5, 5.41) is 4.09. The maximum atomic E-state index is 6.00. The van der Waals surface area contributed by atoms with E-state index >= 15 is 0 Å². The van der Waals surface area contributed by atoms with Crippen LogP contribution in [0, 0.1) is 0 Å². The smallest absolute Gasteiger partial charge is 0.243 e. The van der Waals surface area contributed by atoms with E-state index in [9.17, 15) is 0 Å². The Morgan fingerprint density at radius 3 is 2.74 bits per heavy atom. The van der Waals surface area contributed by atoms with Crippen molar-refractivity contribution in [1.29, 1.82) is 0 Å². The van der Waals surface area contributed by atoms with E-state index in [2.05, 4.69) is 17.1 Å². The first kappa shape index (κ1) is 14.4. The second kappa shape index (κ2) is 6.45. The third-order valence-corrected chi connectivity index (χ3v) is 3.49. The number of ether oxygens (including phenoxy) is 2. The number of nitrogens with two attached hydrogens (primary N) is 1. The van der Waals surface area contributed by atoms with Gasteiger partial charge < -0.3 is 19.7 Å². The van der Waals surface area contributed by atoms with Crippen LogP contribution in [-0.4, -0.2) is 30.0 Å². The Kier molecular flexibility index (Phi) is 4.90. The van der Waals surface area contributed by atoms with Gasteiger partial charge in [-0.1, -0.05) is 18.5 Å². The molecule has 19 heavy (non-hydrogen) atoms. The van der Waals surface area contributed by atoms with E-state index in [0.717, 1.165) is 25.7 Å². The standard InChI is InChI=1S/C13H23N3O3/c1-3-5-10(14)11-15-12(16-19-11)13(18-4-2)6-8-17-9-7-13/h10H,3-9,14H2,1-2H3/t10-/m0/s1. The monoisotopic (exact) mass is 269 g/mol. The Morgan fingerprint density at radius 2 is 2.11 bits per heavy atom. The van der Waals surface area contributed by atoms with Crippen LogP contribution in [0.4, 0.5) is 0 Å². The van der Waals surface area contributed by atoms with Crippen molar-refractivity contribution in [2.45, 2.75) is 51.2 Å². The highest BCUT2D eigenvalue weighted by atomic mass is 16.5. The molecule has 2 heterocycles. The molecule has 1 atom stereocenters. The minimum Gasteiger partial charge on any atom is -0.381 e. The summed E-state index contributed by atoms with van der Waals surface area (Å²) in [6, 6.07) is -0.190. The summed E-state index contributed by atoms with van der Waals surface area (Å²) in [6.07, 6.45) is 3.33. The number of hydrogen-bond acceptors (Lipinski definition) is 6. The maximum absolute atomic E-state index is 6.00. The molecule has 0 aliphatic carbocycles. The van der Waals surface area contributed by atoms with Crippen LogP contribution in [0.3, 0.4) is 0 Å². The second-order valence-corrected chi connectivity index (χ2v) is 4.89. The van der Waals surface area contributed by atoms with Gasteiger partial charge in [0.1, 0.15) is 5.60 Å². The first-order chi connectivity index (χ1) is 9.22. The first-order valence-corrected chi connectivity index (χ1v) is 7.03. The lowest BCUT2D eigenvalue weighted by molar-refractivity contribution is -0.118. The van der Waals surface area contributed by atoms with Gasteiger partial charge in [0.25, 0.3) is 0 Å². The summed E-state index contributed by atoms with van der Waals surface area (Å²) in [5.74, 6) is 1.11. The molecule has 1 aromatic heterocycles. The molecule has 1 aliphatic rings. The van der Waals surface area contributed by atoms with Crippen LogP contribution in [0.1, 0.15) is 57.3 Å². The highest BCUT2D eigenvalue weighted by Gasteiger charge is 2.40. The molecule has 0 bridgehead atoms. The van der Waals surface area contributed by atoms with E-state index in [-0.39, 0.29) is 6.04 Å². The van der Waals surface area contributed by atoms with Crippen molar-refractivity contribution < 1.29 is 14.0 Å². The van der Waals surface area contributed by atoms with Gasteiger partial charge in [-0.05, 0) is 13.3 Å². The zero-order chi connectivity index (χ0) is 13.7. The van der Waals surface area contributed by atoms with Crippen molar-refractivity contribution in [3.05, 3.63) is 11.7 Å². The summed E-state index contributed by atoms with van der Waals surface area (Å²) in [4.78, 5) is 4.46. The molecule has 0 spiro atoms. The van der Waals surface area contributed by atoms with Crippen molar-refractivity contribution in [3.8, 4) is 0 Å². The molecule has 1 aliphatic heterocycles. The predicted molar refractivity (Wildman–Crippen MR) is 69.5 cm³/mol. The van der Waals surface area contributed by atoms with Crippen LogP contribution in [0.25, 0.3) is 0 Å². The molecule has 6 heteroatoms. The second-order valence-electron chi connectivity index (χ2n) is 4.89. The van der Waals surface area contributed by atoms with Crippen LogP contribution < -0.4 is 5.73 Å². The molecule has 0 aromatic carbocycles. The fraction of sp³-hybridized carbons (Fsp3) is 0.846. The van der Waals surface area contributed by atoms with Crippen LogP contribution in [0.5, 0.6) is 0 Å². The average molecular weight is 269 g/mol. The Labute approximate surface area is 113 Å². The lowest BCUT2D eigenvalue weighted by Crippen LogP contribution is -2.37. The van der Waals surface area contributed by atoms with Gasteiger partial charge >= 0.3 is 0 Å². The number of aromatic nitrogens is 2. The third kappa shape index (κ3) is 3.13. The summed E-state index contributed by atoms with van der Waals surface area (Å²) in [6.45, 7) is 5.99. The molecule has 1 aromatic rings. The first-order valence-electron chi connectivity index (χ1n) is 7.03. The summed E-state index contributed by atoms with van der Waals surface area (Å²) >= 11 is 0. The van der Waals surface area contributed by atoms with Crippen molar-refractivity contribution >= 4 is 0 Å². The Morgan fingerprint density at radius 1 is 1.37 bits per heavy atom.